The van der Waals surface area contributed by atoms with E-state index in [0.29, 0.717) is 16.9 Å². The Hall–Kier alpha value is -2.37. The first kappa shape index (κ1) is 11.1. The fourth-order valence-electron chi connectivity index (χ4n) is 1.55. The van der Waals surface area contributed by atoms with Gasteiger partial charge in [0, 0.05) is 17.5 Å². The monoisotopic (exact) mass is 234 g/mol. The van der Waals surface area contributed by atoms with Gasteiger partial charge < -0.3 is 9.84 Å². The van der Waals surface area contributed by atoms with E-state index in [9.17, 15) is 9.59 Å². The second kappa shape index (κ2) is 4.25. The van der Waals surface area contributed by atoms with Crippen LogP contribution in [0, 0.1) is 0 Å². The minimum Gasteiger partial charge on any atom is -0.481 e. The molecule has 88 valence electrons. The molecule has 0 aliphatic carbocycles. The lowest BCUT2D eigenvalue weighted by Crippen LogP contribution is -2.24. The molecule has 17 heavy (non-hydrogen) atoms. The molecule has 0 aliphatic heterocycles. The molecular formula is C11H10N2O4. The van der Waals surface area contributed by atoms with E-state index in [0.717, 1.165) is 4.57 Å². The topological polar surface area (TPSA) is 81.4 Å². The standard InChI is InChI=1S/C11H10N2O4/c1-17-8-4-2-7-3-5-9(14)13(6-10(15)16)11(7)12-8/h2-5H,6H2,1H3,(H,15,16). The summed E-state index contributed by atoms with van der Waals surface area (Å²) in [7, 11) is 1.46. The zero-order valence-corrected chi connectivity index (χ0v) is 9.08. The third-order valence-corrected chi connectivity index (χ3v) is 2.31. The van der Waals surface area contributed by atoms with Gasteiger partial charge in [0.15, 0.2) is 0 Å². The van der Waals surface area contributed by atoms with Gasteiger partial charge in [-0.1, -0.05) is 0 Å². The molecule has 6 nitrogen and oxygen atoms in total. The van der Waals surface area contributed by atoms with Crippen LogP contribution in [-0.2, 0) is 11.3 Å². The minimum absolute atomic E-state index is 0.305. The maximum atomic E-state index is 11.6. The van der Waals surface area contributed by atoms with Crippen molar-refractivity contribution in [3.8, 4) is 5.88 Å². The number of hydrogen-bond donors (Lipinski definition) is 1. The number of rotatable bonds is 3. The third kappa shape index (κ3) is 2.10. The number of hydrogen-bond acceptors (Lipinski definition) is 4. The number of aromatic nitrogens is 2. The van der Waals surface area contributed by atoms with Crippen LogP contribution in [0.5, 0.6) is 5.88 Å². The number of nitrogens with zero attached hydrogens (tertiary/aromatic N) is 2. The Morgan fingerprint density at radius 1 is 1.41 bits per heavy atom. The van der Waals surface area contributed by atoms with Crippen LogP contribution in [-0.4, -0.2) is 27.7 Å². The maximum Gasteiger partial charge on any atom is 0.323 e. The van der Waals surface area contributed by atoms with Gasteiger partial charge in [0.2, 0.25) is 5.88 Å². The van der Waals surface area contributed by atoms with Crippen LogP contribution in [0.15, 0.2) is 29.1 Å². The number of carboxylic acids is 1. The fourth-order valence-corrected chi connectivity index (χ4v) is 1.55. The van der Waals surface area contributed by atoms with Gasteiger partial charge in [-0.25, -0.2) is 0 Å². The summed E-state index contributed by atoms with van der Waals surface area (Å²) in [6.07, 6.45) is 0. The highest BCUT2D eigenvalue weighted by molar-refractivity contribution is 5.77. The number of aliphatic carboxylic acids is 1. The average Bonchev–Trinajstić information content (AvgIpc) is 2.32. The number of fused-ring (bicyclic) bond motifs is 1. The molecule has 0 bridgehead atoms. The molecule has 0 radical (unpaired) electrons. The number of carbonyl (C=O) groups is 1. The van der Waals surface area contributed by atoms with E-state index in [-0.39, 0.29) is 0 Å². The van der Waals surface area contributed by atoms with Crippen molar-refractivity contribution in [2.75, 3.05) is 7.11 Å². The van der Waals surface area contributed by atoms with Crippen LogP contribution >= 0.6 is 0 Å². The summed E-state index contributed by atoms with van der Waals surface area (Å²) in [5.41, 5.74) is -0.0973. The molecule has 2 heterocycles. The van der Waals surface area contributed by atoms with Crippen molar-refractivity contribution in [2.45, 2.75) is 6.54 Å². The van der Waals surface area contributed by atoms with Crippen molar-refractivity contribution < 1.29 is 14.6 Å². The summed E-state index contributed by atoms with van der Waals surface area (Å²) in [4.78, 5) is 26.4. The van der Waals surface area contributed by atoms with E-state index in [2.05, 4.69) is 4.98 Å². The molecule has 0 unspecified atom stereocenters. The predicted molar refractivity (Wildman–Crippen MR) is 60.2 cm³/mol. The van der Waals surface area contributed by atoms with E-state index < -0.39 is 18.1 Å². The largest absolute Gasteiger partial charge is 0.481 e. The molecule has 0 spiro atoms. The van der Waals surface area contributed by atoms with Crippen molar-refractivity contribution in [1.82, 2.24) is 9.55 Å². The van der Waals surface area contributed by atoms with Gasteiger partial charge in [0.05, 0.1) is 7.11 Å². The van der Waals surface area contributed by atoms with E-state index in [1.807, 2.05) is 0 Å². The Labute approximate surface area is 96.1 Å². The first-order valence-corrected chi connectivity index (χ1v) is 4.88. The zero-order chi connectivity index (χ0) is 12.4. The normalized spacial score (nSPS) is 10.4. The van der Waals surface area contributed by atoms with Crippen LogP contribution < -0.4 is 10.3 Å². The van der Waals surface area contributed by atoms with E-state index in [1.165, 1.54) is 13.2 Å². The maximum absolute atomic E-state index is 11.6. The molecule has 2 aromatic rings. The highest BCUT2D eigenvalue weighted by Crippen LogP contribution is 2.14. The average molecular weight is 234 g/mol. The van der Waals surface area contributed by atoms with Gasteiger partial charge >= 0.3 is 5.97 Å². The lowest BCUT2D eigenvalue weighted by atomic mass is 10.3. The molecule has 2 aromatic heterocycles. The molecule has 0 atom stereocenters. The number of ether oxygens (including phenoxy) is 1. The van der Waals surface area contributed by atoms with Gasteiger partial charge in [0.25, 0.3) is 5.56 Å². The summed E-state index contributed by atoms with van der Waals surface area (Å²) < 4.78 is 6.05. The van der Waals surface area contributed by atoms with Crippen LogP contribution in [0.2, 0.25) is 0 Å². The summed E-state index contributed by atoms with van der Waals surface area (Å²) in [5.74, 6) is -0.758. The number of methoxy groups -OCH3 is 1. The molecular weight excluding hydrogens is 224 g/mol. The molecule has 1 N–H and O–H groups in total. The first-order chi connectivity index (χ1) is 8.11. The Bertz CT molecular complexity index is 633. The van der Waals surface area contributed by atoms with Crippen molar-refractivity contribution >= 4 is 17.0 Å². The lowest BCUT2D eigenvalue weighted by molar-refractivity contribution is -0.137. The van der Waals surface area contributed by atoms with E-state index >= 15 is 0 Å². The molecule has 0 aromatic carbocycles. The van der Waals surface area contributed by atoms with Gasteiger partial charge in [-0.05, 0) is 12.1 Å². The molecule has 0 amide bonds. The number of carboxylic acid groups (broad SMARTS) is 1. The Morgan fingerprint density at radius 2 is 2.12 bits per heavy atom. The second-order valence-electron chi connectivity index (χ2n) is 3.42. The van der Waals surface area contributed by atoms with E-state index in [4.69, 9.17) is 9.84 Å². The molecule has 2 rings (SSSR count). The lowest BCUT2D eigenvalue weighted by Gasteiger charge is -2.07. The molecule has 0 saturated heterocycles. The van der Waals surface area contributed by atoms with Crippen LogP contribution in [0.3, 0.4) is 0 Å². The molecule has 0 saturated carbocycles. The third-order valence-electron chi connectivity index (χ3n) is 2.31. The van der Waals surface area contributed by atoms with Gasteiger partial charge in [0.1, 0.15) is 12.2 Å². The van der Waals surface area contributed by atoms with Crippen molar-refractivity contribution in [3.63, 3.8) is 0 Å². The van der Waals surface area contributed by atoms with E-state index in [1.54, 1.807) is 18.2 Å². The van der Waals surface area contributed by atoms with Crippen molar-refractivity contribution in [1.29, 1.82) is 0 Å². The molecule has 0 aliphatic rings. The minimum atomic E-state index is -1.09. The first-order valence-electron chi connectivity index (χ1n) is 4.88. The predicted octanol–water partition coefficient (Wildman–Crippen LogP) is 0.490. The van der Waals surface area contributed by atoms with Crippen molar-refractivity contribution in [2.24, 2.45) is 0 Å². The summed E-state index contributed by atoms with van der Waals surface area (Å²) in [6.45, 7) is -0.420. The van der Waals surface area contributed by atoms with Crippen molar-refractivity contribution in [3.05, 3.63) is 34.6 Å². The number of pyridine rings is 2. The highest BCUT2D eigenvalue weighted by atomic mass is 16.5. The van der Waals surface area contributed by atoms with Gasteiger partial charge in [-0.3, -0.25) is 14.2 Å². The van der Waals surface area contributed by atoms with Crippen LogP contribution in [0.1, 0.15) is 0 Å². The van der Waals surface area contributed by atoms with Crippen LogP contribution in [0.4, 0.5) is 0 Å². The zero-order valence-electron chi connectivity index (χ0n) is 9.08. The molecule has 6 heteroatoms. The van der Waals surface area contributed by atoms with Crippen LogP contribution in [0.25, 0.3) is 11.0 Å². The Kier molecular flexibility index (Phi) is 2.78. The van der Waals surface area contributed by atoms with Gasteiger partial charge in [-0.2, -0.15) is 4.98 Å². The fraction of sp³-hybridized carbons (Fsp3) is 0.182. The van der Waals surface area contributed by atoms with Gasteiger partial charge in [-0.15, -0.1) is 0 Å². The smallest absolute Gasteiger partial charge is 0.323 e. The Balaban J connectivity index is 2.73. The Morgan fingerprint density at radius 3 is 2.76 bits per heavy atom. The SMILES string of the molecule is COc1ccc2ccc(=O)n(CC(=O)O)c2n1. The second-order valence-corrected chi connectivity index (χ2v) is 3.42. The highest BCUT2D eigenvalue weighted by Gasteiger charge is 2.08. The summed E-state index contributed by atoms with van der Waals surface area (Å²) >= 11 is 0. The summed E-state index contributed by atoms with van der Waals surface area (Å²) in [5, 5.41) is 9.45. The quantitative estimate of drug-likeness (QED) is 0.835. The molecule has 0 fully saturated rings. The summed E-state index contributed by atoms with van der Waals surface area (Å²) in [6, 6.07) is 6.29.